The molecule has 0 spiro atoms. The number of nitrogens with zero attached hydrogens (tertiary/aromatic N) is 3. The molecule has 3 aromatic rings. The zero-order valence-electron chi connectivity index (χ0n) is 10.6. The van der Waals surface area contributed by atoms with Gasteiger partial charge in [-0.25, -0.2) is 9.67 Å². The molecule has 2 N–H and O–H groups in total. The van der Waals surface area contributed by atoms with Crippen molar-refractivity contribution in [3.05, 3.63) is 66.6 Å². The van der Waals surface area contributed by atoms with Crippen LogP contribution in [0.5, 0.6) is 0 Å². The summed E-state index contributed by atoms with van der Waals surface area (Å²) >= 11 is 0. The van der Waals surface area contributed by atoms with Gasteiger partial charge in [-0.3, -0.25) is 4.79 Å². The number of primary amides is 1. The van der Waals surface area contributed by atoms with E-state index in [9.17, 15) is 4.79 Å². The molecular weight excluding hydrogens is 252 g/mol. The second-order valence-corrected chi connectivity index (χ2v) is 4.28. The molecule has 0 fully saturated rings. The lowest BCUT2D eigenvalue weighted by molar-refractivity contribution is 0.0995. The smallest absolute Gasteiger partial charge is 0.267 e. The Morgan fingerprint density at radius 3 is 2.50 bits per heavy atom. The van der Waals surface area contributed by atoms with Gasteiger partial charge in [0.05, 0.1) is 0 Å². The van der Waals surface area contributed by atoms with Crippen molar-refractivity contribution in [3.8, 4) is 16.9 Å². The first-order chi connectivity index (χ1) is 9.74. The summed E-state index contributed by atoms with van der Waals surface area (Å²) in [6.45, 7) is 0. The van der Waals surface area contributed by atoms with Crippen LogP contribution in [-0.2, 0) is 0 Å². The molecule has 0 bridgehead atoms. The van der Waals surface area contributed by atoms with Gasteiger partial charge in [0.15, 0.2) is 5.82 Å². The van der Waals surface area contributed by atoms with Crippen LogP contribution in [0.2, 0.25) is 0 Å². The number of benzene rings is 1. The van der Waals surface area contributed by atoms with Gasteiger partial charge >= 0.3 is 0 Å². The molecule has 5 nitrogen and oxygen atoms in total. The number of carbonyl (C=O) groups excluding carboxylic acids is 1. The molecule has 2 aromatic heterocycles. The Hall–Kier alpha value is -2.95. The summed E-state index contributed by atoms with van der Waals surface area (Å²) in [5.74, 6) is 0.00124. The van der Waals surface area contributed by atoms with Crippen LogP contribution < -0.4 is 5.73 Å². The van der Waals surface area contributed by atoms with Crippen molar-refractivity contribution < 1.29 is 4.79 Å². The molecule has 0 saturated carbocycles. The van der Waals surface area contributed by atoms with Gasteiger partial charge in [0, 0.05) is 12.4 Å². The zero-order valence-corrected chi connectivity index (χ0v) is 10.6. The third-order valence-electron chi connectivity index (χ3n) is 2.91. The van der Waals surface area contributed by atoms with E-state index in [1.54, 1.807) is 29.2 Å². The van der Waals surface area contributed by atoms with E-state index < -0.39 is 5.91 Å². The molecule has 1 aromatic carbocycles. The molecule has 0 atom stereocenters. The summed E-state index contributed by atoms with van der Waals surface area (Å²) < 4.78 is 1.60. The molecule has 0 saturated heterocycles. The predicted octanol–water partition coefficient (Wildman–Crippen LogP) is 2.03. The number of aromatic nitrogens is 3. The average Bonchev–Trinajstić information content (AvgIpc) is 3.02. The van der Waals surface area contributed by atoms with E-state index in [1.165, 1.54) is 0 Å². The first-order valence-corrected chi connectivity index (χ1v) is 6.11. The summed E-state index contributed by atoms with van der Waals surface area (Å²) in [4.78, 5) is 15.7. The highest BCUT2D eigenvalue weighted by Gasteiger charge is 2.10. The molecule has 0 aliphatic carbocycles. The molecule has 0 radical (unpaired) electrons. The lowest BCUT2D eigenvalue weighted by Crippen LogP contribution is -2.14. The number of nitrogens with two attached hydrogens (primary N) is 1. The van der Waals surface area contributed by atoms with Crippen molar-refractivity contribution in [1.82, 2.24) is 14.8 Å². The minimum absolute atomic E-state index is 0.219. The van der Waals surface area contributed by atoms with Gasteiger partial charge in [0.2, 0.25) is 0 Å². The van der Waals surface area contributed by atoms with Crippen molar-refractivity contribution in [2.24, 2.45) is 5.73 Å². The van der Waals surface area contributed by atoms with Gasteiger partial charge in [-0.05, 0) is 29.3 Å². The van der Waals surface area contributed by atoms with E-state index in [1.807, 2.05) is 36.4 Å². The Kier molecular flexibility index (Phi) is 3.01. The maximum absolute atomic E-state index is 11.4. The summed E-state index contributed by atoms with van der Waals surface area (Å²) in [7, 11) is 0. The summed E-state index contributed by atoms with van der Waals surface area (Å²) in [6, 6.07) is 15.1. The number of pyridine rings is 1. The number of hydrogen-bond acceptors (Lipinski definition) is 3. The van der Waals surface area contributed by atoms with Crippen LogP contribution in [0, 0.1) is 0 Å². The van der Waals surface area contributed by atoms with Gasteiger partial charge in [-0.15, -0.1) is 0 Å². The van der Waals surface area contributed by atoms with Gasteiger partial charge in [0.1, 0.15) is 5.69 Å². The summed E-state index contributed by atoms with van der Waals surface area (Å²) in [5.41, 5.74) is 7.44. The van der Waals surface area contributed by atoms with Crippen molar-refractivity contribution in [1.29, 1.82) is 0 Å². The average molecular weight is 264 g/mol. The predicted molar refractivity (Wildman–Crippen MR) is 75.3 cm³/mol. The largest absolute Gasteiger partial charge is 0.364 e. The number of rotatable bonds is 3. The fourth-order valence-electron chi connectivity index (χ4n) is 1.96. The molecule has 2 heterocycles. The first-order valence-electron chi connectivity index (χ1n) is 6.11. The Morgan fingerprint density at radius 2 is 1.85 bits per heavy atom. The Labute approximate surface area is 115 Å². The highest BCUT2D eigenvalue weighted by Crippen LogP contribution is 2.21. The van der Waals surface area contributed by atoms with Crippen LogP contribution in [0.4, 0.5) is 0 Å². The lowest BCUT2D eigenvalue weighted by Gasteiger charge is -2.07. The van der Waals surface area contributed by atoms with E-state index in [2.05, 4.69) is 10.1 Å². The maximum atomic E-state index is 11.4. The Morgan fingerprint density at radius 1 is 1.05 bits per heavy atom. The standard InChI is InChI=1S/C15H12N4O/c16-15(20)13-9-12(11-5-2-1-3-6-11)10-14(18-13)19-8-4-7-17-19/h1-10H,(H2,16,20). The highest BCUT2D eigenvalue weighted by atomic mass is 16.1. The van der Waals surface area contributed by atoms with Crippen molar-refractivity contribution in [3.63, 3.8) is 0 Å². The van der Waals surface area contributed by atoms with E-state index in [-0.39, 0.29) is 5.69 Å². The molecular formula is C15H12N4O. The molecule has 0 unspecified atom stereocenters. The normalized spacial score (nSPS) is 10.4. The summed E-state index contributed by atoms with van der Waals surface area (Å²) in [6.07, 6.45) is 3.42. The fraction of sp³-hybridized carbons (Fsp3) is 0. The topological polar surface area (TPSA) is 73.8 Å². The zero-order chi connectivity index (χ0) is 13.9. The molecule has 0 aliphatic heterocycles. The molecule has 98 valence electrons. The van der Waals surface area contributed by atoms with Crippen molar-refractivity contribution >= 4 is 5.91 Å². The molecule has 5 heteroatoms. The van der Waals surface area contributed by atoms with Crippen molar-refractivity contribution in [2.75, 3.05) is 0 Å². The van der Waals surface area contributed by atoms with Crippen LogP contribution in [0.1, 0.15) is 10.5 Å². The fourth-order valence-corrected chi connectivity index (χ4v) is 1.96. The SMILES string of the molecule is NC(=O)c1cc(-c2ccccc2)cc(-n2cccn2)n1. The van der Waals surface area contributed by atoms with Gasteiger partial charge in [0.25, 0.3) is 5.91 Å². The van der Waals surface area contributed by atoms with E-state index in [0.29, 0.717) is 5.82 Å². The van der Waals surface area contributed by atoms with Crippen LogP contribution in [0.3, 0.4) is 0 Å². The second kappa shape index (κ2) is 4.97. The number of carbonyl (C=O) groups is 1. The Balaban J connectivity index is 2.18. The van der Waals surface area contributed by atoms with Gasteiger partial charge in [-0.1, -0.05) is 30.3 Å². The van der Waals surface area contributed by atoms with Gasteiger partial charge in [-0.2, -0.15) is 5.10 Å². The quantitative estimate of drug-likeness (QED) is 0.786. The maximum Gasteiger partial charge on any atom is 0.267 e. The number of hydrogen-bond donors (Lipinski definition) is 1. The summed E-state index contributed by atoms with van der Waals surface area (Å²) in [5, 5.41) is 4.12. The van der Waals surface area contributed by atoms with Crippen molar-refractivity contribution in [2.45, 2.75) is 0 Å². The molecule has 0 aliphatic rings. The minimum atomic E-state index is -0.559. The highest BCUT2D eigenvalue weighted by molar-refractivity contribution is 5.92. The molecule has 20 heavy (non-hydrogen) atoms. The monoisotopic (exact) mass is 264 g/mol. The molecule has 3 rings (SSSR count). The van der Waals surface area contributed by atoms with Crippen LogP contribution in [0.15, 0.2) is 60.9 Å². The van der Waals surface area contributed by atoms with E-state index in [0.717, 1.165) is 11.1 Å². The van der Waals surface area contributed by atoms with Crippen LogP contribution >= 0.6 is 0 Å². The van der Waals surface area contributed by atoms with Crippen LogP contribution in [-0.4, -0.2) is 20.7 Å². The molecule has 1 amide bonds. The van der Waals surface area contributed by atoms with Gasteiger partial charge < -0.3 is 5.73 Å². The minimum Gasteiger partial charge on any atom is -0.364 e. The van der Waals surface area contributed by atoms with Crippen LogP contribution in [0.25, 0.3) is 16.9 Å². The van der Waals surface area contributed by atoms with E-state index >= 15 is 0 Å². The second-order valence-electron chi connectivity index (χ2n) is 4.28. The Bertz CT molecular complexity index is 736. The third kappa shape index (κ3) is 2.29. The number of amides is 1. The third-order valence-corrected chi connectivity index (χ3v) is 2.91. The van der Waals surface area contributed by atoms with E-state index in [4.69, 9.17) is 5.73 Å². The first kappa shape index (κ1) is 12.1. The lowest BCUT2D eigenvalue weighted by atomic mass is 10.1.